The lowest BCUT2D eigenvalue weighted by Crippen LogP contribution is -2.39. The van der Waals surface area contributed by atoms with E-state index >= 15 is 0 Å². The largest absolute Gasteiger partial charge is 0.399 e. The molecule has 0 amide bonds. The first-order valence-corrected chi connectivity index (χ1v) is 7.79. The fraction of sp³-hybridized carbons (Fsp3) is 0.538. The minimum atomic E-state index is -3.68. The van der Waals surface area contributed by atoms with E-state index in [0.29, 0.717) is 23.2 Å². The van der Waals surface area contributed by atoms with Gasteiger partial charge in [0.25, 0.3) is 0 Å². The predicted molar refractivity (Wildman–Crippen MR) is 78.0 cm³/mol. The minimum absolute atomic E-state index is 0.115. The summed E-state index contributed by atoms with van der Waals surface area (Å²) in [6, 6.07) is 2.78. The second-order valence-corrected chi connectivity index (χ2v) is 6.42. The fourth-order valence-electron chi connectivity index (χ4n) is 2.22. The Morgan fingerprint density at radius 3 is 2.35 bits per heavy atom. The van der Waals surface area contributed by atoms with Crippen molar-refractivity contribution in [1.29, 1.82) is 0 Å². The number of anilines is 1. The van der Waals surface area contributed by atoms with Crippen molar-refractivity contribution in [2.24, 2.45) is 0 Å². The number of methoxy groups -OCH3 is 1. The third kappa shape index (κ3) is 4.17. The van der Waals surface area contributed by atoms with Gasteiger partial charge in [-0.05, 0) is 43.5 Å². The summed E-state index contributed by atoms with van der Waals surface area (Å²) < 4.78 is 32.4. The lowest BCUT2D eigenvalue weighted by atomic mass is 10.1. The van der Waals surface area contributed by atoms with E-state index in [4.69, 9.17) is 15.6 Å². The number of hydrogen-bond acceptors (Lipinski definition) is 5. The van der Waals surface area contributed by atoms with Crippen LogP contribution in [0, 0.1) is 13.8 Å². The van der Waals surface area contributed by atoms with Gasteiger partial charge in [-0.1, -0.05) is 0 Å². The van der Waals surface area contributed by atoms with E-state index in [2.05, 4.69) is 4.72 Å². The standard InChI is InChI=1S/C13H22N2O4S/c1-9-6-11(14)7-10(2)13(9)20(17,18)15-12(4-5-16)8-19-3/h6-7,12,15-16H,4-5,8,14H2,1-3H3. The fourth-order valence-corrected chi connectivity index (χ4v) is 3.93. The summed E-state index contributed by atoms with van der Waals surface area (Å²) in [5, 5.41) is 8.97. The zero-order chi connectivity index (χ0) is 15.3. The SMILES string of the molecule is COCC(CCO)NS(=O)(=O)c1c(C)cc(N)cc1C. The van der Waals surface area contributed by atoms with Gasteiger partial charge in [-0.3, -0.25) is 0 Å². The molecule has 0 heterocycles. The van der Waals surface area contributed by atoms with Crippen LogP contribution in [0.2, 0.25) is 0 Å². The first-order chi connectivity index (χ1) is 9.31. The van der Waals surface area contributed by atoms with E-state index in [1.165, 1.54) is 7.11 Å². The van der Waals surface area contributed by atoms with E-state index in [0.717, 1.165) is 0 Å². The first-order valence-electron chi connectivity index (χ1n) is 6.30. The molecule has 0 fully saturated rings. The summed E-state index contributed by atoms with van der Waals surface area (Å²) in [4.78, 5) is 0.228. The molecule has 0 radical (unpaired) electrons. The summed E-state index contributed by atoms with van der Waals surface area (Å²) in [5.74, 6) is 0. The van der Waals surface area contributed by atoms with Gasteiger partial charge >= 0.3 is 0 Å². The van der Waals surface area contributed by atoms with Crippen molar-refractivity contribution in [3.05, 3.63) is 23.3 Å². The lowest BCUT2D eigenvalue weighted by Gasteiger charge is -2.19. The van der Waals surface area contributed by atoms with Crippen LogP contribution in [-0.2, 0) is 14.8 Å². The third-order valence-electron chi connectivity index (χ3n) is 2.92. The molecule has 0 spiro atoms. The van der Waals surface area contributed by atoms with Crippen molar-refractivity contribution in [3.8, 4) is 0 Å². The van der Waals surface area contributed by atoms with Gasteiger partial charge in [-0.15, -0.1) is 0 Å². The number of sulfonamides is 1. The molecule has 20 heavy (non-hydrogen) atoms. The van der Waals surface area contributed by atoms with Gasteiger partial charge in [0.15, 0.2) is 0 Å². The van der Waals surface area contributed by atoms with Gasteiger partial charge in [-0.2, -0.15) is 0 Å². The van der Waals surface area contributed by atoms with Crippen LogP contribution in [0.1, 0.15) is 17.5 Å². The van der Waals surface area contributed by atoms with Crippen LogP contribution in [0.4, 0.5) is 5.69 Å². The van der Waals surface area contributed by atoms with Gasteiger partial charge in [0.2, 0.25) is 10.0 Å². The number of nitrogens with one attached hydrogen (secondary N) is 1. The molecule has 6 nitrogen and oxygen atoms in total. The molecule has 0 aliphatic carbocycles. The molecule has 1 aromatic carbocycles. The highest BCUT2D eigenvalue weighted by molar-refractivity contribution is 7.89. The third-order valence-corrected chi connectivity index (χ3v) is 4.74. The number of ether oxygens (including phenoxy) is 1. The summed E-state index contributed by atoms with van der Waals surface area (Å²) in [5.41, 5.74) is 7.42. The molecule has 0 saturated carbocycles. The summed E-state index contributed by atoms with van der Waals surface area (Å²) in [7, 11) is -2.19. The second kappa shape index (κ2) is 7.03. The number of hydrogen-bond donors (Lipinski definition) is 3. The molecule has 1 unspecified atom stereocenters. The summed E-state index contributed by atoms with van der Waals surface area (Å²) in [6.07, 6.45) is 0.292. The monoisotopic (exact) mass is 302 g/mol. The van der Waals surface area contributed by atoms with Crippen molar-refractivity contribution >= 4 is 15.7 Å². The second-order valence-electron chi connectivity index (χ2n) is 4.77. The highest BCUT2D eigenvalue weighted by Gasteiger charge is 2.23. The van der Waals surface area contributed by atoms with Crippen molar-refractivity contribution in [2.45, 2.75) is 31.2 Å². The Bertz CT molecular complexity index is 528. The Kier molecular flexibility index (Phi) is 5.94. The van der Waals surface area contributed by atoms with Crippen molar-refractivity contribution in [2.75, 3.05) is 26.1 Å². The number of nitrogen functional groups attached to an aromatic ring is 1. The van der Waals surface area contributed by atoms with E-state index in [9.17, 15) is 8.42 Å². The smallest absolute Gasteiger partial charge is 0.241 e. The lowest BCUT2D eigenvalue weighted by molar-refractivity contribution is 0.158. The number of aliphatic hydroxyl groups is 1. The van der Waals surface area contributed by atoms with Crippen LogP contribution in [-0.4, -0.2) is 39.9 Å². The van der Waals surface area contributed by atoms with Crippen molar-refractivity contribution < 1.29 is 18.3 Å². The van der Waals surface area contributed by atoms with Gasteiger partial charge < -0.3 is 15.6 Å². The maximum absolute atomic E-state index is 12.5. The van der Waals surface area contributed by atoms with Crippen LogP contribution >= 0.6 is 0 Å². The molecular weight excluding hydrogens is 280 g/mol. The average Bonchev–Trinajstić information content (AvgIpc) is 2.26. The summed E-state index contributed by atoms with van der Waals surface area (Å²) >= 11 is 0. The van der Waals surface area contributed by atoms with Crippen LogP contribution < -0.4 is 10.5 Å². The quantitative estimate of drug-likeness (QED) is 0.639. The topological polar surface area (TPSA) is 102 Å². The minimum Gasteiger partial charge on any atom is -0.399 e. The van der Waals surface area contributed by atoms with Crippen molar-refractivity contribution in [3.63, 3.8) is 0 Å². The molecule has 114 valence electrons. The number of rotatable bonds is 7. The maximum Gasteiger partial charge on any atom is 0.241 e. The molecule has 0 saturated heterocycles. The normalized spacial score (nSPS) is 13.4. The molecule has 0 bridgehead atoms. The highest BCUT2D eigenvalue weighted by atomic mass is 32.2. The zero-order valence-corrected chi connectivity index (χ0v) is 12.8. The van der Waals surface area contributed by atoms with E-state index in [-0.39, 0.29) is 18.1 Å². The maximum atomic E-state index is 12.5. The number of benzene rings is 1. The Labute approximate surface area is 120 Å². The average molecular weight is 302 g/mol. The molecular formula is C13H22N2O4S. The predicted octanol–water partition coefficient (Wildman–Crippen LogP) is 0.561. The molecule has 1 atom stereocenters. The molecule has 0 aliphatic rings. The molecule has 7 heteroatoms. The van der Waals surface area contributed by atoms with E-state index in [1.807, 2.05) is 0 Å². The van der Waals surface area contributed by atoms with Crippen LogP contribution in [0.25, 0.3) is 0 Å². The highest BCUT2D eigenvalue weighted by Crippen LogP contribution is 2.23. The molecule has 1 rings (SSSR count). The first kappa shape index (κ1) is 16.9. The van der Waals surface area contributed by atoms with Gasteiger partial charge in [-0.25, -0.2) is 13.1 Å². The van der Waals surface area contributed by atoms with E-state index < -0.39 is 16.1 Å². The Balaban J connectivity index is 3.10. The van der Waals surface area contributed by atoms with Crippen LogP contribution in [0.5, 0.6) is 0 Å². The van der Waals surface area contributed by atoms with Gasteiger partial charge in [0, 0.05) is 25.4 Å². The van der Waals surface area contributed by atoms with Crippen molar-refractivity contribution in [1.82, 2.24) is 4.72 Å². The zero-order valence-electron chi connectivity index (χ0n) is 12.0. The number of nitrogens with two attached hydrogens (primary N) is 1. The van der Waals surface area contributed by atoms with Gasteiger partial charge in [0.1, 0.15) is 0 Å². The molecule has 4 N–H and O–H groups in total. The number of aliphatic hydroxyl groups excluding tert-OH is 1. The summed E-state index contributed by atoms with van der Waals surface area (Å²) in [6.45, 7) is 3.49. The Hall–Kier alpha value is -1.15. The number of aryl methyl sites for hydroxylation is 2. The molecule has 0 aromatic heterocycles. The molecule has 1 aromatic rings. The Morgan fingerprint density at radius 1 is 1.35 bits per heavy atom. The molecule has 0 aliphatic heterocycles. The van der Waals surface area contributed by atoms with Gasteiger partial charge in [0.05, 0.1) is 11.5 Å². The Morgan fingerprint density at radius 2 is 1.90 bits per heavy atom. The van der Waals surface area contributed by atoms with Crippen LogP contribution in [0.3, 0.4) is 0 Å². The van der Waals surface area contributed by atoms with Crippen LogP contribution in [0.15, 0.2) is 17.0 Å². The van der Waals surface area contributed by atoms with E-state index in [1.54, 1.807) is 26.0 Å².